The second kappa shape index (κ2) is 9.87. The molecule has 23 heavy (non-hydrogen) atoms. The van der Waals surface area contributed by atoms with Gasteiger partial charge < -0.3 is 15.2 Å². The molecule has 0 spiro atoms. The molecule has 1 atom stereocenters. The van der Waals surface area contributed by atoms with Crippen molar-refractivity contribution >= 4 is 11.9 Å². The van der Waals surface area contributed by atoms with E-state index in [1.165, 1.54) is 0 Å². The number of rotatable bonds is 10. The zero-order valence-electron chi connectivity index (χ0n) is 14.2. The Morgan fingerprint density at radius 1 is 1.22 bits per heavy atom. The van der Waals surface area contributed by atoms with Gasteiger partial charge in [-0.2, -0.15) is 0 Å². The van der Waals surface area contributed by atoms with Gasteiger partial charge in [-0.1, -0.05) is 32.9 Å². The molecule has 5 heteroatoms. The zero-order valence-corrected chi connectivity index (χ0v) is 14.2. The van der Waals surface area contributed by atoms with Crippen LogP contribution in [0, 0.1) is 5.92 Å². The maximum absolute atomic E-state index is 11.9. The van der Waals surface area contributed by atoms with Crippen LogP contribution in [0.15, 0.2) is 24.3 Å². The number of benzene rings is 1. The number of carbonyl (C=O) groups excluding carboxylic acids is 1. The molecule has 0 saturated carbocycles. The van der Waals surface area contributed by atoms with Crippen molar-refractivity contribution in [3.05, 3.63) is 29.8 Å². The average molecular weight is 321 g/mol. The van der Waals surface area contributed by atoms with Crippen LogP contribution in [0.3, 0.4) is 0 Å². The number of hydrogen-bond donors (Lipinski definition) is 2. The monoisotopic (exact) mass is 321 g/mol. The van der Waals surface area contributed by atoms with Gasteiger partial charge in [0.25, 0.3) is 0 Å². The highest BCUT2D eigenvalue weighted by molar-refractivity contribution is 5.83. The summed E-state index contributed by atoms with van der Waals surface area (Å²) in [6.07, 6.45) is 2.25. The maximum atomic E-state index is 11.9. The lowest BCUT2D eigenvalue weighted by Crippen LogP contribution is -2.41. The highest BCUT2D eigenvalue weighted by Crippen LogP contribution is 2.14. The summed E-state index contributed by atoms with van der Waals surface area (Å²) < 4.78 is 5.51. The summed E-state index contributed by atoms with van der Waals surface area (Å²) >= 11 is 0. The number of carboxylic acids is 1. The van der Waals surface area contributed by atoms with Crippen LogP contribution in [0.1, 0.15) is 45.6 Å². The van der Waals surface area contributed by atoms with Crippen molar-refractivity contribution in [2.24, 2.45) is 5.92 Å². The molecule has 5 nitrogen and oxygen atoms in total. The minimum atomic E-state index is -0.982. The van der Waals surface area contributed by atoms with Crippen molar-refractivity contribution in [3.8, 4) is 5.75 Å². The Kier molecular flexibility index (Phi) is 8.16. The molecular weight excluding hydrogens is 294 g/mol. The number of nitrogens with one attached hydrogen (secondary N) is 1. The molecule has 128 valence electrons. The highest BCUT2D eigenvalue weighted by Gasteiger charge is 2.20. The third-order valence-electron chi connectivity index (χ3n) is 3.38. The highest BCUT2D eigenvalue weighted by atomic mass is 16.5. The molecule has 0 heterocycles. The molecule has 0 bridgehead atoms. The number of aliphatic carboxylic acids is 1. The van der Waals surface area contributed by atoms with Gasteiger partial charge in [-0.3, -0.25) is 4.79 Å². The lowest BCUT2D eigenvalue weighted by Gasteiger charge is -2.16. The molecule has 1 amide bonds. The van der Waals surface area contributed by atoms with E-state index in [1.54, 1.807) is 0 Å². The van der Waals surface area contributed by atoms with Crippen LogP contribution in [0.4, 0.5) is 0 Å². The molecule has 2 N–H and O–H groups in total. The van der Waals surface area contributed by atoms with Crippen LogP contribution in [-0.4, -0.2) is 29.6 Å². The topological polar surface area (TPSA) is 75.6 Å². The predicted molar refractivity (Wildman–Crippen MR) is 89.6 cm³/mol. The summed E-state index contributed by atoms with van der Waals surface area (Å²) in [5, 5.41) is 11.7. The van der Waals surface area contributed by atoms with Gasteiger partial charge in [0.15, 0.2) is 0 Å². The molecule has 1 aromatic carbocycles. The Bertz CT molecular complexity index is 496. The lowest BCUT2D eigenvalue weighted by atomic mass is 10.0. The van der Waals surface area contributed by atoms with Crippen molar-refractivity contribution in [2.75, 3.05) is 6.61 Å². The first-order valence-electron chi connectivity index (χ1n) is 8.16. The van der Waals surface area contributed by atoms with E-state index in [0.717, 1.165) is 17.7 Å². The van der Waals surface area contributed by atoms with Crippen molar-refractivity contribution in [1.29, 1.82) is 0 Å². The summed E-state index contributed by atoms with van der Waals surface area (Å²) in [4.78, 5) is 23.1. The Morgan fingerprint density at radius 3 is 2.39 bits per heavy atom. The summed E-state index contributed by atoms with van der Waals surface area (Å²) in [5.74, 6) is -0.177. The quantitative estimate of drug-likeness (QED) is 0.694. The molecule has 0 radical (unpaired) electrons. The van der Waals surface area contributed by atoms with Gasteiger partial charge in [0.1, 0.15) is 11.8 Å². The number of amides is 1. The van der Waals surface area contributed by atoms with Crippen LogP contribution in [0.25, 0.3) is 0 Å². The second-order valence-electron chi connectivity index (χ2n) is 6.08. The Balaban J connectivity index is 2.44. The van der Waals surface area contributed by atoms with Gasteiger partial charge in [0.05, 0.1) is 6.61 Å². The minimum Gasteiger partial charge on any atom is -0.494 e. The first-order valence-corrected chi connectivity index (χ1v) is 8.16. The summed E-state index contributed by atoms with van der Waals surface area (Å²) in [5.41, 5.74) is 1.03. The SMILES string of the molecule is CCCOc1ccc(CCC(=O)N[C@@H](CC(C)C)C(=O)O)cc1. The van der Waals surface area contributed by atoms with Crippen LogP contribution in [-0.2, 0) is 16.0 Å². The van der Waals surface area contributed by atoms with E-state index in [-0.39, 0.29) is 18.2 Å². The third-order valence-corrected chi connectivity index (χ3v) is 3.38. The van der Waals surface area contributed by atoms with E-state index >= 15 is 0 Å². The molecule has 1 rings (SSSR count). The van der Waals surface area contributed by atoms with Crippen molar-refractivity contribution < 1.29 is 19.4 Å². The third kappa shape index (κ3) is 7.68. The Morgan fingerprint density at radius 2 is 1.87 bits per heavy atom. The Labute approximate surface area is 138 Å². The fraction of sp³-hybridized carbons (Fsp3) is 0.556. The van der Waals surface area contributed by atoms with Gasteiger partial charge in [-0.05, 0) is 42.9 Å². The number of carboxylic acid groups (broad SMARTS) is 1. The zero-order chi connectivity index (χ0) is 17.2. The van der Waals surface area contributed by atoms with Crippen molar-refractivity contribution in [2.45, 2.75) is 52.5 Å². The van der Waals surface area contributed by atoms with E-state index in [0.29, 0.717) is 19.4 Å². The van der Waals surface area contributed by atoms with Crippen LogP contribution in [0.2, 0.25) is 0 Å². The first kappa shape index (κ1) is 19.0. The van der Waals surface area contributed by atoms with Crippen molar-refractivity contribution in [3.63, 3.8) is 0 Å². The number of hydrogen-bond acceptors (Lipinski definition) is 3. The molecule has 0 aliphatic carbocycles. The van der Waals surface area contributed by atoms with Gasteiger partial charge >= 0.3 is 5.97 Å². The largest absolute Gasteiger partial charge is 0.494 e. The van der Waals surface area contributed by atoms with E-state index < -0.39 is 12.0 Å². The fourth-order valence-corrected chi connectivity index (χ4v) is 2.19. The summed E-state index contributed by atoms with van der Waals surface area (Å²) in [6.45, 7) is 6.61. The fourth-order valence-electron chi connectivity index (χ4n) is 2.19. The summed E-state index contributed by atoms with van der Waals surface area (Å²) in [6, 6.07) is 6.83. The van der Waals surface area contributed by atoms with Crippen LogP contribution < -0.4 is 10.1 Å². The first-order chi connectivity index (χ1) is 10.9. The molecule has 0 saturated heterocycles. The van der Waals surface area contributed by atoms with Gasteiger partial charge in [0.2, 0.25) is 5.91 Å². The predicted octanol–water partition coefficient (Wildman–Crippen LogP) is 3.02. The molecule has 0 aromatic heterocycles. The standard InChI is InChI=1S/C18H27NO4/c1-4-11-23-15-8-5-14(6-9-15)7-10-17(20)19-16(18(21)22)12-13(2)3/h5-6,8-9,13,16H,4,7,10-12H2,1-3H3,(H,19,20)(H,21,22)/t16-/m0/s1. The number of ether oxygens (including phenoxy) is 1. The van der Waals surface area contributed by atoms with E-state index in [4.69, 9.17) is 9.84 Å². The van der Waals surface area contributed by atoms with Crippen LogP contribution >= 0.6 is 0 Å². The lowest BCUT2D eigenvalue weighted by molar-refractivity contribution is -0.142. The summed E-state index contributed by atoms with van der Waals surface area (Å²) in [7, 11) is 0. The number of carbonyl (C=O) groups is 2. The van der Waals surface area contributed by atoms with E-state index in [2.05, 4.69) is 12.2 Å². The molecule has 0 aliphatic rings. The minimum absolute atomic E-state index is 0.215. The second-order valence-corrected chi connectivity index (χ2v) is 6.08. The maximum Gasteiger partial charge on any atom is 0.326 e. The molecule has 0 fully saturated rings. The van der Waals surface area contributed by atoms with E-state index in [9.17, 15) is 9.59 Å². The Hall–Kier alpha value is -2.04. The molecular formula is C18H27NO4. The number of aryl methyl sites for hydroxylation is 1. The average Bonchev–Trinajstić information content (AvgIpc) is 2.50. The molecule has 0 aliphatic heterocycles. The van der Waals surface area contributed by atoms with Crippen LogP contribution in [0.5, 0.6) is 5.75 Å². The van der Waals surface area contributed by atoms with Gasteiger partial charge in [-0.15, -0.1) is 0 Å². The molecule has 1 aromatic rings. The smallest absolute Gasteiger partial charge is 0.326 e. The van der Waals surface area contributed by atoms with Gasteiger partial charge in [-0.25, -0.2) is 4.79 Å². The van der Waals surface area contributed by atoms with Crippen molar-refractivity contribution in [1.82, 2.24) is 5.32 Å². The van der Waals surface area contributed by atoms with E-state index in [1.807, 2.05) is 38.1 Å². The molecule has 0 unspecified atom stereocenters. The normalized spacial score (nSPS) is 12.0. The van der Waals surface area contributed by atoms with Gasteiger partial charge in [0, 0.05) is 6.42 Å².